The molecule has 0 spiro atoms. The molecule has 0 saturated heterocycles. The number of fused-ring (bicyclic) bond motifs is 1. The molecule has 24 heavy (non-hydrogen) atoms. The molecule has 2 aliphatic rings. The van der Waals surface area contributed by atoms with E-state index in [4.69, 9.17) is 0 Å². The molecule has 0 aromatic heterocycles. The highest BCUT2D eigenvalue weighted by Gasteiger charge is 2.52. The summed E-state index contributed by atoms with van der Waals surface area (Å²) in [6.45, 7) is 15.9. The first-order chi connectivity index (χ1) is 11.2. The highest BCUT2D eigenvalue weighted by Crippen LogP contribution is 2.61. The number of hydrogen-bond donors (Lipinski definition) is 0. The van der Waals surface area contributed by atoms with Crippen LogP contribution < -0.4 is 0 Å². The zero-order valence-electron chi connectivity index (χ0n) is 16.7. The summed E-state index contributed by atoms with van der Waals surface area (Å²) in [4.78, 5) is 11.1. The molecule has 2 saturated carbocycles. The van der Waals surface area contributed by atoms with E-state index in [9.17, 15) is 4.79 Å². The summed E-state index contributed by atoms with van der Waals surface area (Å²) in [5.74, 6) is 1.81. The van der Waals surface area contributed by atoms with Crippen molar-refractivity contribution in [2.75, 3.05) is 0 Å². The maximum atomic E-state index is 11.1. The number of Topliss-reactive ketones (excluding diaryl/α,β-unsaturated/α-hetero) is 1. The maximum absolute atomic E-state index is 11.1. The molecule has 0 bridgehead atoms. The molecule has 0 aliphatic heterocycles. The van der Waals surface area contributed by atoms with Gasteiger partial charge in [-0.25, -0.2) is 0 Å². The third-order valence-corrected chi connectivity index (χ3v) is 7.14. The average Bonchev–Trinajstić information content (AvgIpc) is 2.45. The summed E-state index contributed by atoms with van der Waals surface area (Å²) in [5, 5.41) is 0. The van der Waals surface area contributed by atoms with Crippen molar-refractivity contribution in [3.05, 3.63) is 23.8 Å². The molecule has 2 fully saturated rings. The van der Waals surface area contributed by atoms with Crippen LogP contribution in [0.1, 0.15) is 92.4 Å². The fourth-order valence-corrected chi connectivity index (χ4v) is 5.80. The average molecular weight is 331 g/mol. The molecule has 0 N–H and O–H groups in total. The molecule has 1 nitrogen and oxygen atoms in total. The molecule has 0 aromatic carbocycles. The Balaban J connectivity index is 2.04. The zero-order valence-corrected chi connectivity index (χ0v) is 16.7. The van der Waals surface area contributed by atoms with Gasteiger partial charge >= 0.3 is 0 Å². The lowest BCUT2D eigenvalue weighted by Gasteiger charge is -2.58. The predicted molar refractivity (Wildman–Crippen MR) is 104 cm³/mol. The molecule has 0 unspecified atom stereocenters. The molecular formula is C23H38O. The molecule has 136 valence electrons. The van der Waals surface area contributed by atoms with Gasteiger partial charge in [0.1, 0.15) is 5.78 Å². The SMILES string of the molecule is C=C1CC[C@@H]2C(C)(C)CCC[C@@]2(C)[C@@H]1CC/C(C)=C/CCC(C)=O. The molecule has 1 heteroatoms. The topological polar surface area (TPSA) is 17.1 Å². The first-order valence-corrected chi connectivity index (χ1v) is 9.99. The van der Waals surface area contributed by atoms with E-state index in [1.54, 1.807) is 6.92 Å². The van der Waals surface area contributed by atoms with Crippen LogP contribution in [-0.4, -0.2) is 5.78 Å². The van der Waals surface area contributed by atoms with Crippen LogP contribution in [0.4, 0.5) is 0 Å². The van der Waals surface area contributed by atoms with E-state index in [1.807, 2.05) is 0 Å². The van der Waals surface area contributed by atoms with Crippen molar-refractivity contribution in [1.29, 1.82) is 0 Å². The first kappa shape index (κ1) is 19.5. The van der Waals surface area contributed by atoms with Crippen molar-refractivity contribution in [1.82, 2.24) is 0 Å². The van der Waals surface area contributed by atoms with E-state index in [1.165, 1.54) is 49.7 Å². The van der Waals surface area contributed by atoms with Gasteiger partial charge in [-0.3, -0.25) is 0 Å². The van der Waals surface area contributed by atoms with E-state index in [0.29, 0.717) is 29.0 Å². The Morgan fingerprint density at radius 1 is 1.21 bits per heavy atom. The van der Waals surface area contributed by atoms with E-state index in [-0.39, 0.29) is 0 Å². The molecule has 3 atom stereocenters. The molecule has 0 amide bonds. The molecule has 0 radical (unpaired) electrons. The quantitative estimate of drug-likeness (QED) is 0.485. The lowest BCUT2D eigenvalue weighted by molar-refractivity contribution is -0.116. The number of hydrogen-bond acceptors (Lipinski definition) is 1. The monoisotopic (exact) mass is 330 g/mol. The second kappa shape index (κ2) is 7.58. The Bertz CT molecular complexity index is 510. The van der Waals surface area contributed by atoms with Crippen molar-refractivity contribution in [3.63, 3.8) is 0 Å². The van der Waals surface area contributed by atoms with Crippen LogP contribution in [0.5, 0.6) is 0 Å². The van der Waals surface area contributed by atoms with Crippen molar-refractivity contribution in [2.45, 2.75) is 92.4 Å². The first-order valence-electron chi connectivity index (χ1n) is 9.99. The third-order valence-electron chi connectivity index (χ3n) is 7.14. The normalized spacial score (nSPS) is 33.2. The fraction of sp³-hybridized carbons (Fsp3) is 0.783. The van der Waals surface area contributed by atoms with Gasteiger partial charge in [-0.2, -0.15) is 0 Å². The van der Waals surface area contributed by atoms with Crippen LogP contribution in [0, 0.1) is 22.7 Å². The minimum atomic E-state index is 0.291. The van der Waals surface area contributed by atoms with Gasteiger partial charge in [0.2, 0.25) is 0 Å². The van der Waals surface area contributed by atoms with Gasteiger partial charge in [0.05, 0.1) is 0 Å². The molecule has 0 heterocycles. The largest absolute Gasteiger partial charge is 0.300 e. The summed E-state index contributed by atoms with van der Waals surface area (Å²) in [6, 6.07) is 0. The van der Waals surface area contributed by atoms with Crippen molar-refractivity contribution in [3.8, 4) is 0 Å². The highest BCUT2D eigenvalue weighted by atomic mass is 16.1. The second-order valence-corrected chi connectivity index (χ2v) is 9.48. The smallest absolute Gasteiger partial charge is 0.130 e. The Labute approximate surface area is 150 Å². The lowest BCUT2D eigenvalue weighted by Crippen LogP contribution is -2.49. The van der Waals surface area contributed by atoms with Crippen LogP contribution in [0.15, 0.2) is 23.8 Å². The fourth-order valence-electron chi connectivity index (χ4n) is 5.80. The van der Waals surface area contributed by atoms with Gasteiger partial charge in [-0.1, -0.05) is 51.0 Å². The van der Waals surface area contributed by atoms with Crippen LogP contribution in [0.25, 0.3) is 0 Å². The number of rotatable bonds is 6. The molecule has 2 aliphatic carbocycles. The van der Waals surface area contributed by atoms with Crippen LogP contribution in [-0.2, 0) is 4.79 Å². The van der Waals surface area contributed by atoms with Crippen molar-refractivity contribution >= 4 is 5.78 Å². The summed E-state index contributed by atoms with van der Waals surface area (Å²) in [7, 11) is 0. The number of allylic oxidation sites excluding steroid dienone is 3. The van der Waals surface area contributed by atoms with Gasteiger partial charge in [-0.05, 0) is 81.5 Å². The van der Waals surface area contributed by atoms with E-state index in [2.05, 4.69) is 40.3 Å². The van der Waals surface area contributed by atoms with E-state index in [0.717, 1.165) is 18.8 Å². The van der Waals surface area contributed by atoms with E-state index >= 15 is 0 Å². The van der Waals surface area contributed by atoms with E-state index < -0.39 is 0 Å². The zero-order chi connectivity index (χ0) is 18.0. The number of carbonyl (C=O) groups excluding carboxylic acids is 1. The van der Waals surface area contributed by atoms with Gasteiger partial charge in [0, 0.05) is 6.42 Å². The Morgan fingerprint density at radius 3 is 2.58 bits per heavy atom. The predicted octanol–water partition coefficient (Wildman–Crippen LogP) is 6.88. The molecular weight excluding hydrogens is 292 g/mol. The van der Waals surface area contributed by atoms with Gasteiger partial charge in [-0.15, -0.1) is 0 Å². The Hall–Kier alpha value is -0.850. The Kier molecular flexibility index (Phi) is 6.15. The van der Waals surface area contributed by atoms with Crippen LogP contribution in [0.2, 0.25) is 0 Å². The van der Waals surface area contributed by atoms with Gasteiger partial charge < -0.3 is 4.79 Å². The Morgan fingerprint density at radius 2 is 1.92 bits per heavy atom. The third kappa shape index (κ3) is 4.21. The van der Waals surface area contributed by atoms with Crippen molar-refractivity contribution < 1.29 is 4.79 Å². The standard InChI is InChI=1S/C23H38O/c1-17(9-7-10-19(3)24)11-13-20-18(2)12-14-21-22(4,5)15-8-16-23(20,21)6/h9,20-21H,2,7-8,10-16H2,1,3-6H3/b17-9+/t20-,21-,23+/m1/s1. The number of ketones is 1. The maximum Gasteiger partial charge on any atom is 0.130 e. The molecule has 0 aromatic rings. The summed E-state index contributed by atoms with van der Waals surface area (Å²) >= 11 is 0. The lowest BCUT2D eigenvalue weighted by atomic mass is 9.47. The van der Waals surface area contributed by atoms with Gasteiger partial charge in [0.15, 0.2) is 0 Å². The highest BCUT2D eigenvalue weighted by molar-refractivity contribution is 5.75. The van der Waals surface area contributed by atoms with Gasteiger partial charge in [0.25, 0.3) is 0 Å². The van der Waals surface area contributed by atoms with Crippen LogP contribution >= 0.6 is 0 Å². The summed E-state index contributed by atoms with van der Waals surface area (Å²) < 4.78 is 0. The minimum Gasteiger partial charge on any atom is -0.300 e. The second-order valence-electron chi connectivity index (χ2n) is 9.48. The minimum absolute atomic E-state index is 0.291. The summed E-state index contributed by atoms with van der Waals surface area (Å²) in [5.41, 5.74) is 3.88. The van der Waals surface area contributed by atoms with Crippen molar-refractivity contribution in [2.24, 2.45) is 22.7 Å². The molecule has 2 rings (SSSR count). The number of carbonyl (C=O) groups is 1. The van der Waals surface area contributed by atoms with Crippen LogP contribution in [0.3, 0.4) is 0 Å². The summed E-state index contributed by atoms with van der Waals surface area (Å²) in [6.07, 6.45) is 13.0.